The highest BCUT2D eigenvalue weighted by Crippen LogP contribution is 2.24. The van der Waals surface area contributed by atoms with Gasteiger partial charge < -0.3 is 4.74 Å². The molecule has 3 aromatic rings. The van der Waals surface area contributed by atoms with Gasteiger partial charge in [0.15, 0.2) is 0 Å². The Kier molecular flexibility index (Phi) is 5.98. The van der Waals surface area contributed by atoms with Crippen LogP contribution in [0.5, 0.6) is 5.75 Å². The van der Waals surface area contributed by atoms with Crippen LogP contribution in [0.25, 0.3) is 0 Å². The summed E-state index contributed by atoms with van der Waals surface area (Å²) in [5, 5.41) is 5.94. The highest BCUT2D eigenvalue weighted by atomic mass is 79.9. The molecular weight excluding hydrogens is 400 g/mol. The summed E-state index contributed by atoms with van der Waals surface area (Å²) in [6, 6.07) is 18.9. The van der Waals surface area contributed by atoms with Gasteiger partial charge in [0, 0.05) is 9.35 Å². The van der Waals surface area contributed by atoms with E-state index < -0.39 is 0 Å². The molecule has 0 atom stereocenters. The van der Waals surface area contributed by atoms with E-state index in [9.17, 15) is 4.79 Å². The average molecular weight is 415 g/mol. The lowest BCUT2D eigenvalue weighted by Gasteiger charge is -2.11. The zero-order valence-electron chi connectivity index (χ0n) is 13.2. The van der Waals surface area contributed by atoms with Crippen molar-refractivity contribution < 1.29 is 9.53 Å². The SMILES string of the molecule is O=C(NN=Cc1cccs1)c1ccc(Br)cc1OCc1ccccc1. The molecule has 25 heavy (non-hydrogen) atoms. The van der Waals surface area contributed by atoms with E-state index in [1.807, 2.05) is 47.8 Å². The monoisotopic (exact) mass is 414 g/mol. The third-order valence-corrected chi connectivity index (χ3v) is 4.63. The van der Waals surface area contributed by atoms with Crippen LogP contribution < -0.4 is 10.2 Å². The molecule has 1 aromatic heterocycles. The minimum absolute atomic E-state index is 0.316. The van der Waals surface area contributed by atoms with Crippen molar-refractivity contribution in [1.29, 1.82) is 0 Å². The normalized spacial score (nSPS) is 10.8. The molecule has 0 aliphatic rings. The maximum atomic E-state index is 12.4. The number of carbonyl (C=O) groups excluding carboxylic acids is 1. The largest absolute Gasteiger partial charge is 0.488 e. The molecule has 0 saturated heterocycles. The van der Waals surface area contributed by atoms with E-state index in [1.54, 1.807) is 35.8 Å². The van der Waals surface area contributed by atoms with Crippen LogP contribution in [0.3, 0.4) is 0 Å². The van der Waals surface area contributed by atoms with E-state index in [0.717, 1.165) is 14.9 Å². The number of hydrogen-bond acceptors (Lipinski definition) is 4. The predicted molar refractivity (Wildman–Crippen MR) is 104 cm³/mol. The molecule has 0 aliphatic carbocycles. The molecular formula is C19H15BrN2O2S. The summed E-state index contributed by atoms with van der Waals surface area (Å²) in [7, 11) is 0. The quantitative estimate of drug-likeness (QED) is 0.462. The topological polar surface area (TPSA) is 50.7 Å². The molecule has 0 spiro atoms. The second kappa shape index (κ2) is 8.60. The van der Waals surface area contributed by atoms with Crippen molar-refractivity contribution in [3.63, 3.8) is 0 Å². The highest BCUT2D eigenvalue weighted by molar-refractivity contribution is 9.10. The van der Waals surface area contributed by atoms with Gasteiger partial charge >= 0.3 is 0 Å². The van der Waals surface area contributed by atoms with Crippen LogP contribution >= 0.6 is 27.3 Å². The molecule has 1 amide bonds. The zero-order chi connectivity index (χ0) is 17.5. The minimum Gasteiger partial charge on any atom is -0.488 e. The summed E-state index contributed by atoms with van der Waals surface area (Å²) < 4.78 is 6.68. The number of carbonyl (C=O) groups is 1. The second-order valence-electron chi connectivity index (χ2n) is 5.13. The third-order valence-electron chi connectivity index (χ3n) is 3.33. The van der Waals surface area contributed by atoms with Crippen molar-refractivity contribution in [2.24, 2.45) is 5.10 Å². The van der Waals surface area contributed by atoms with E-state index in [4.69, 9.17) is 4.74 Å². The lowest BCUT2D eigenvalue weighted by molar-refractivity contribution is 0.0950. The molecule has 0 fully saturated rings. The van der Waals surface area contributed by atoms with E-state index in [0.29, 0.717) is 17.9 Å². The summed E-state index contributed by atoms with van der Waals surface area (Å²) in [6.07, 6.45) is 1.62. The number of nitrogens with one attached hydrogen (secondary N) is 1. The Balaban J connectivity index is 1.70. The maximum absolute atomic E-state index is 12.4. The lowest BCUT2D eigenvalue weighted by Crippen LogP contribution is -2.18. The molecule has 0 radical (unpaired) electrons. The van der Waals surface area contributed by atoms with Crippen LogP contribution in [-0.2, 0) is 6.61 Å². The third kappa shape index (κ3) is 5.01. The second-order valence-corrected chi connectivity index (χ2v) is 7.02. The Morgan fingerprint density at radius 1 is 1.16 bits per heavy atom. The Labute approximate surface area is 158 Å². The Hall–Kier alpha value is -2.44. The molecule has 2 aromatic carbocycles. The molecule has 0 aliphatic heterocycles. The molecule has 1 N–H and O–H groups in total. The molecule has 126 valence electrons. The average Bonchev–Trinajstić information content (AvgIpc) is 3.14. The summed E-state index contributed by atoms with van der Waals surface area (Å²) in [5.74, 6) is 0.186. The van der Waals surface area contributed by atoms with Gasteiger partial charge in [-0.3, -0.25) is 4.79 Å². The van der Waals surface area contributed by atoms with Gasteiger partial charge in [0.2, 0.25) is 0 Å². The fourth-order valence-electron chi connectivity index (χ4n) is 2.12. The molecule has 1 heterocycles. The summed E-state index contributed by atoms with van der Waals surface area (Å²) in [6.45, 7) is 0.385. The summed E-state index contributed by atoms with van der Waals surface area (Å²) >= 11 is 4.96. The first-order valence-corrected chi connectivity index (χ1v) is 9.23. The Bertz CT molecular complexity index is 864. The van der Waals surface area contributed by atoms with Crippen LogP contribution in [0.1, 0.15) is 20.8 Å². The first kappa shape index (κ1) is 17.4. The van der Waals surface area contributed by atoms with Gasteiger partial charge in [0.05, 0.1) is 11.8 Å². The van der Waals surface area contributed by atoms with Crippen molar-refractivity contribution in [3.8, 4) is 5.75 Å². The van der Waals surface area contributed by atoms with Gasteiger partial charge in [-0.1, -0.05) is 52.3 Å². The number of thiophene rings is 1. The van der Waals surface area contributed by atoms with Crippen LogP contribution in [0, 0.1) is 0 Å². The van der Waals surface area contributed by atoms with Gasteiger partial charge in [-0.2, -0.15) is 5.10 Å². The zero-order valence-corrected chi connectivity index (χ0v) is 15.6. The minimum atomic E-state index is -0.316. The molecule has 0 unspecified atom stereocenters. The Morgan fingerprint density at radius 3 is 2.76 bits per heavy atom. The van der Waals surface area contributed by atoms with Crippen LogP contribution in [-0.4, -0.2) is 12.1 Å². The number of benzene rings is 2. The van der Waals surface area contributed by atoms with Crippen molar-refractivity contribution in [1.82, 2.24) is 5.43 Å². The molecule has 3 rings (SSSR count). The molecule has 4 nitrogen and oxygen atoms in total. The number of nitrogens with zero attached hydrogens (tertiary/aromatic N) is 1. The van der Waals surface area contributed by atoms with Crippen molar-refractivity contribution in [2.75, 3.05) is 0 Å². The molecule has 6 heteroatoms. The van der Waals surface area contributed by atoms with Crippen LogP contribution in [0.15, 0.2) is 75.6 Å². The number of halogens is 1. The van der Waals surface area contributed by atoms with Gasteiger partial charge in [-0.05, 0) is 35.2 Å². The number of hydrogen-bond donors (Lipinski definition) is 1. The number of hydrazone groups is 1. The van der Waals surface area contributed by atoms with Gasteiger partial charge in [0.25, 0.3) is 5.91 Å². The number of ether oxygens (including phenoxy) is 1. The predicted octanol–water partition coefficient (Wildman–Crippen LogP) is 4.85. The Morgan fingerprint density at radius 2 is 2.00 bits per heavy atom. The maximum Gasteiger partial charge on any atom is 0.275 e. The fraction of sp³-hybridized carbons (Fsp3) is 0.0526. The van der Waals surface area contributed by atoms with E-state index in [-0.39, 0.29) is 5.91 Å². The number of amides is 1. The molecule has 0 saturated carbocycles. The summed E-state index contributed by atoms with van der Waals surface area (Å²) in [4.78, 5) is 13.4. The van der Waals surface area contributed by atoms with Crippen molar-refractivity contribution >= 4 is 39.4 Å². The van der Waals surface area contributed by atoms with Crippen LogP contribution in [0.4, 0.5) is 0 Å². The number of rotatable bonds is 6. The molecule has 0 bridgehead atoms. The highest BCUT2D eigenvalue weighted by Gasteiger charge is 2.13. The summed E-state index contributed by atoms with van der Waals surface area (Å²) in [5.41, 5.74) is 4.00. The van der Waals surface area contributed by atoms with Crippen molar-refractivity contribution in [3.05, 3.63) is 86.5 Å². The van der Waals surface area contributed by atoms with Crippen molar-refractivity contribution in [2.45, 2.75) is 6.61 Å². The fourth-order valence-corrected chi connectivity index (χ4v) is 3.04. The lowest BCUT2D eigenvalue weighted by atomic mass is 10.2. The standard InChI is InChI=1S/C19H15BrN2O2S/c20-15-8-9-17(19(23)22-21-12-16-7-4-10-25-16)18(11-15)24-13-14-5-2-1-3-6-14/h1-12H,13H2,(H,22,23). The van der Waals surface area contributed by atoms with Gasteiger partial charge in [-0.15, -0.1) is 11.3 Å². The van der Waals surface area contributed by atoms with E-state index in [1.165, 1.54) is 0 Å². The van der Waals surface area contributed by atoms with Crippen LogP contribution in [0.2, 0.25) is 0 Å². The van der Waals surface area contributed by atoms with Gasteiger partial charge in [0.1, 0.15) is 12.4 Å². The first-order chi connectivity index (χ1) is 12.2. The van der Waals surface area contributed by atoms with Gasteiger partial charge in [-0.25, -0.2) is 5.43 Å². The van der Waals surface area contributed by atoms with E-state index >= 15 is 0 Å². The smallest absolute Gasteiger partial charge is 0.275 e. The van der Waals surface area contributed by atoms with E-state index in [2.05, 4.69) is 26.5 Å². The first-order valence-electron chi connectivity index (χ1n) is 7.55.